The Labute approximate surface area is 134 Å². The molecule has 0 fully saturated rings. The van der Waals surface area contributed by atoms with E-state index in [1.54, 1.807) is 6.07 Å². The molecule has 0 amide bonds. The Morgan fingerprint density at radius 3 is 2.43 bits per heavy atom. The van der Waals surface area contributed by atoms with Crippen LogP contribution in [0.25, 0.3) is 0 Å². The van der Waals surface area contributed by atoms with E-state index in [9.17, 15) is 25.0 Å². The second kappa shape index (κ2) is 6.88. The Morgan fingerprint density at radius 2 is 1.83 bits per heavy atom. The molecule has 8 nitrogen and oxygen atoms in total. The molecule has 0 radical (unpaired) electrons. The molecular formula is C14H10N2O6S. The van der Waals surface area contributed by atoms with Crippen LogP contribution in [-0.4, -0.2) is 20.9 Å². The molecule has 0 unspecified atom stereocenters. The topological polar surface area (TPSA) is 124 Å². The fraction of sp³-hybridized carbons (Fsp3) is 0.0714. The van der Waals surface area contributed by atoms with Crippen molar-refractivity contribution in [1.29, 1.82) is 0 Å². The predicted octanol–water partition coefficient (Wildman–Crippen LogP) is 3.49. The molecule has 2 rings (SSSR count). The number of nitrogens with zero attached hydrogens (tertiary/aromatic N) is 2. The van der Waals surface area contributed by atoms with Crippen LogP contribution in [0.3, 0.4) is 0 Å². The smallest absolute Gasteiger partial charge is 0.335 e. The summed E-state index contributed by atoms with van der Waals surface area (Å²) in [5.74, 6) is -0.960. The number of hydrogen-bond acceptors (Lipinski definition) is 6. The number of nitro benzene ring substituents is 2. The molecule has 0 bridgehead atoms. The molecule has 118 valence electrons. The summed E-state index contributed by atoms with van der Waals surface area (Å²) >= 11 is 1.11. The van der Waals surface area contributed by atoms with Crippen molar-refractivity contribution in [2.75, 3.05) is 0 Å². The zero-order valence-corrected chi connectivity index (χ0v) is 12.4. The number of carboxylic acid groups (broad SMARTS) is 1. The quantitative estimate of drug-likeness (QED) is 0.487. The lowest BCUT2D eigenvalue weighted by molar-refractivity contribution is -0.387. The van der Waals surface area contributed by atoms with Crippen molar-refractivity contribution in [3.05, 3.63) is 73.8 Å². The maximum Gasteiger partial charge on any atom is 0.335 e. The van der Waals surface area contributed by atoms with Crippen LogP contribution < -0.4 is 0 Å². The molecule has 0 saturated carbocycles. The third kappa shape index (κ3) is 4.04. The highest BCUT2D eigenvalue weighted by Crippen LogP contribution is 2.32. The summed E-state index contributed by atoms with van der Waals surface area (Å²) in [7, 11) is 0. The summed E-state index contributed by atoms with van der Waals surface area (Å²) in [6.45, 7) is 0. The number of non-ortho nitro benzene ring substituents is 1. The van der Waals surface area contributed by atoms with Gasteiger partial charge in [-0.15, -0.1) is 11.8 Å². The molecule has 0 aliphatic rings. The van der Waals surface area contributed by atoms with E-state index < -0.39 is 15.8 Å². The summed E-state index contributed by atoms with van der Waals surface area (Å²) in [5, 5.41) is 30.7. The van der Waals surface area contributed by atoms with E-state index in [0.29, 0.717) is 10.5 Å². The van der Waals surface area contributed by atoms with Gasteiger partial charge in [-0.2, -0.15) is 0 Å². The molecular weight excluding hydrogens is 324 g/mol. The van der Waals surface area contributed by atoms with Gasteiger partial charge in [0.25, 0.3) is 11.4 Å². The zero-order valence-electron chi connectivity index (χ0n) is 11.5. The molecule has 0 aliphatic carbocycles. The zero-order chi connectivity index (χ0) is 17.0. The molecule has 0 atom stereocenters. The second-order valence-corrected chi connectivity index (χ2v) is 5.48. The van der Waals surface area contributed by atoms with Crippen molar-refractivity contribution in [3.8, 4) is 0 Å². The minimum absolute atomic E-state index is 0.0566. The fourth-order valence-electron chi connectivity index (χ4n) is 1.84. The lowest BCUT2D eigenvalue weighted by atomic mass is 10.2. The van der Waals surface area contributed by atoms with Crippen molar-refractivity contribution in [2.24, 2.45) is 0 Å². The van der Waals surface area contributed by atoms with E-state index in [2.05, 4.69) is 0 Å². The predicted molar refractivity (Wildman–Crippen MR) is 82.7 cm³/mol. The number of benzene rings is 2. The lowest BCUT2D eigenvalue weighted by Gasteiger charge is -2.04. The van der Waals surface area contributed by atoms with Crippen LogP contribution in [0.5, 0.6) is 0 Å². The number of hydrogen-bond donors (Lipinski definition) is 1. The van der Waals surface area contributed by atoms with E-state index in [-0.39, 0.29) is 22.7 Å². The summed E-state index contributed by atoms with van der Waals surface area (Å²) in [6.07, 6.45) is 0. The van der Waals surface area contributed by atoms with E-state index >= 15 is 0 Å². The number of aromatic carboxylic acids is 1. The third-order valence-corrected chi connectivity index (χ3v) is 4.05. The highest BCUT2D eigenvalue weighted by atomic mass is 32.2. The largest absolute Gasteiger partial charge is 0.478 e. The van der Waals surface area contributed by atoms with Crippen LogP contribution in [0.1, 0.15) is 15.9 Å². The molecule has 23 heavy (non-hydrogen) atoms. The molecule has 9 heteroatoms. The number of carbonyl (C=O) groups is 1. The highest BCUT2D eigenvalue weighted by Gasteiger charge is 2.18. The molecule has 1 N–H and O–H groups in total. The van der Waals surface area contributed by atoms with E-state index in [1.165, 1.54) is 30.3 Å². The van der Waals surface area contributed by atoms with E-state index in [1.807, 2.05) is 0 Å². The Hall–Kier alpha value is -2.94. The SMILES string of the molecule is O=C(O)c1ccc(SCc2cccc([N+](=O)[O-])c2)c([N+](=O)[O-])c1. The summed E-state index contributed by atoms with van der Waals surface area (Å²) < 4.78 is 0. The molecule has 0 heterocycles. The minimum atomic E-state index is -1.25. The van der Waals surface area contributed by atoms with Crippen LogP contribution in [0, 0.1) is 20.2 Å². The molecule has 0 spiro atoms. The fourth-order valence-corrected chi connectivity index (χ4v) is 2.78. The Kier molecular flexibility index (Phi) is 4.91. The van der Waals surface area contributed by atoms with Gasteiger partial charge in [0.15, 0.2) is 0 Å². The van der Waals surface area contributed by atoms with E-state index in [0.717, 1.165) is 17.8 Å². The van der Waals surface area contributed by atoms with Gasteiger partial charge in [-0.1, -0.05) is 12.1 Å². The maximum absolute atomic E-state index is 11.1. The van der Waals surface area contributed by atoms with Gasteiger partial charge in [0.05, 0.1) is 20.3 Å². The lowest BCUT2D eigenvalue weighted by Crippen LogP contribution is -1.99. The monoisotopic (exact) mass is 334 g/mol. The average molecular weight is 334 g/mol. The van der Waals surface area contributed by atoms with Gasteiger partial charge >= 0.3 is 5.97 Å². The first-order valence-electron chi connectivity index (χ1n) is 6.26. The standard InChI is InChI=1S/C14H10N2O6S/c17-14(18)10-4-5-13(12(7-10)16(21)22)23-8-9-2-1-3-11(6-9)15(19)20/h1-7H,8H2,(H,17,18). The summed E-state index contributed by atoms with van der Waals surface area (Å²) in [4.78, 5) is 31.8. The minimum Gasteiger partial charge on any atom is -0.478 e. The maximum atomic E-state index is 11.1. The Bertz CT molecular complexity index is 793. The first-order valence-corrected chi connectivity index (χ1v) is 7.25. The molecule has 2 aromatic carbocycles. The van der Waals surface area contributed by atoms with Gasteiger partial charge in [0, 0.05) is 24.0 Å². The number of nitro groups is 2. The number of carboxylic acids is 1. The second-order valence-electron chi connectivity index (χ2n) is 4.46. The first kappa shape index (κ1) is 16.4. The van der Waals surface area contributed by atoms with Crippen LogP contribution in [-0.2, 0) is 5.75 Å². The molecule has 0 aromatic heterocycles. The molecule has 0 saturated heterocycles. The van der Waals surface area contributed by atoms with Crippen LogP contribution in [0.2, 0.25) is 0 Å². The van der Waals surface area contributed by atoms with Crippen LogP contribution in [0.4, 0.5) is 11.4 Å². The number of rotatable bonds is 6. The van der Waals surface area contributed by atoms with Crippen LogP contribution >= 0.6 is 11.8 Å². The summed E-state index contributed by atoms with van der Waals surface area (Å²) in [5.41, 5.74) is 0.108. The van der Waals surface area contributed by atoms with Gasteiger partial charge in [-0.3, -0.25) is 20.2 Å². The van der Waals surface area contributed by atoms with Crippen molar-refractivity contribution >= 4 is 29.1 Å². The first-order chi connectivity index (χ1) is 10.9. The average Bonchev–Trinajstić information content (AvgIpc) is 2.52. The third-order valence-electron chi connectivity index (χ3n) is 2.92. The van der Waals surface area contributed by atoms with Crippen molar-refractivity contribution in [3.63, 3.8) is 0 Å². The Morgan fingerprint density at radius 1 is 1.09 bits per heavy atom. The van der Waals surface area contributed by atoms with Gasteiger partial charge < -0.3 is 5.11 Å². The highest BCUT2D eigenvalue weighted by molar-refractivity contribution is 7.98. The van der Waals surface area contributed by atoms with Gasteiger partial charge in [-0.05, 0) is 17.7 Å². The van der Waals surface area contributed by atoms with Gasteiger partial charge in [0.2, 0.25) is 0 Å². The number of thioether (sulfide) groups is 1. The van der Waals surface area contributed by atoms with Crippen molar-refractivity contribution < 1.29 is 19.7 Å². The molecule has 0 aliphatic heterocycles. The van der Waals surface area contributed by atoms with Crippen molar-refractivity contribution in [2.45, 2.75) is 10.6 Å². The summed E-state index contributed by atoms with van der Waals surface area (Å²) in [6, 6.07) is 9.61. The van der Waals surface area contributed by atoms with Gasteiger partial charge in [0.1, 0.15) is 0 Å². The molecule has 2 aromatic rings. The normalized spacial score (nSPS) is 10.3. The Balaban J connectivity index is 2.23. The van der Waals surface area contributed by atoms with Gasteiger partial charge in [-0.25, -0.2) is 4.79 Å². The van der Waals surface area contributed by atoms with Crippen LogP contribution in [0.15, 0.2) is 47.4 Å². The van der Waals surface area contributed by atoms with Crippen molar-refractivity contribution in [1.82, 2.24) is 0 Å². The van der Waals surface area contributed by atoms with E-state index in [4.69, 9.17) is 5.11 Å².